The summed E-state index contributed by atoms with van der Waals surface area (Å²) in [6.07, 6.45) is 5.16. The van der Waals surface area contributed by atoms with E-state index in [9.17, 15) is 0 Å². The van der Waals surface area contributed by atoms with Gasteiger partial charge in [-0.3, -0.25) is 4.68 Å². The van der Waals surface area contributed by atoms with Crippen LogP contribution in [0.2, 0.25) is 0 Å². The zero-order valence-corrected chi connectivity index (χ0v) is 12.1. The van der Waals surface area contributed by atoms with Crippen molar-refractivity contribution >= 4 is 0 Å². The van der Waals surface area contributed by atoms with Gasteiger partial charge < -0.3 is 10.1 Å². The molecule has 0 amide bonds. The second kappa shape index (κ2) is 8.27. The van der Waals surface area contributed by atoms with Gasteiger partial charge in [-0.15, -0.1) is 0 Å². The first kappa shape index (κ1) is 15.2. The van der Waals surface area contributed by atoms with Crippen molar-refractivity contribution in [3.63, 3.8) is 0 Å². The van der Waals surface area contributed by atoms with Crippen LogP contribution in [0.25, 0.3) is 0 Å². The Morgan fingerprint density at radius 2 is 2.11 bits per heavy atom. The molecular weight excluding hydrogens is 226 g/mol. The summed E-state index contributed by atoms with van der Waals surface area (Å²) in [4.78, 5) is 0. The van der Waals surface area contributed by atoms with Crippen LogP contribution in [0.5, 0.6) is 0 Å². The van der Waals surface area contributed by atoms with E-state index in [1.807, 2.05) is 10.9 Å². The van der Waals surface area contributed by atoms with Gasteiger partial charge >= 0.3 is 0 Å². The zero-order valence-electron chi connectivity index (χ0n) is 12.1. The molecule has 0 fully saturated rings. The molecule has 1 rings (SSSR count). The highest BCUT2D eigenvalue weighted by atomic mass is 16.5. The van der Waals surface area contributed by atoms with Crippen molar-refractivity contribution < 1.29 is 4.74 Å². The van der Waals surface area contributed by atoms with Gasteiger partial charge in [-0.05, 0) is 25.8 Å². The molecule has 4 nitrogen and oxygen atoms in total. The third kappa shape index (κ3) is 5.65. The van der Waals surface area contributed by atoms with Gasteiger partial charge in [-0.25, -0.2) is 0 Å². The summed E-state index contributed by atoms with van der Waals surface area (Å²) in [5.41, 5.74) is 1.24. The van der Waals surface area contributed by atoms with E-state index in [0.29, 0.717) is 12.0 Å². The maximum Gasteiger partial charge on any atom is 0.0662 e. The maximum atomic E-state index is 5.59. The molecule has 0 spiro atoms. The molecule has 1 aromatic rings. The Kier molecular flexibility index (Phi) is 6.98. The Bertz CT molecular complexity index is 323. The van der Waals surface area contributed by atoms with E-state index in [1.165, 1.54) is 5.56 Å². The SMILES string of the molecule is CCNC(C)c1cnn(CCOCCC(C)C)c1. The standard InChI is InChI=1S/C14H27N3O/c1-5-15-13(4)14-10-16-17(11-14)7-9-18-8-6-12(2)3/h10-13,15H,5-9H2,1-4H3. The predicted octanol–water partition coefficient (Wildman–Crippen LogP) is 2.62. The number of aromatic nitrogens is 2. The van der Waals surface area contributed by atoms with Crippen LogP contribution in [0, 0.1) is 5.92 Å². The average molecular weight is 253 g/mol. The molecule has 1 aromatic heterocycles. The molecule has 1 N–H and O–H groups in total. The fourth-order valence-electron chi connectivity index (χ4n) is 1.73. The Labute approximate surface area is 111 Å². The molecular formula is C14H27N3O. The van der Waals surface area contributed by atoms with Gasteiger partial charge in [0, 0.05) is 24.4 Å². The summed E-state index contributed by atoms with van der Waals surface area (Å²) in [6.45, 7) is 12.1. The van der Waals surface area contributed by atoms with Gasteiger partial charge in [0.25, 0.3) is 0 Å². The van der Waals surface area contributed by atoms with Gasteiger partial charge in [-0.2, -0.15) is 5.10 Å². The summed E-state index contributed by atoms with van der Waals surface area (Å²) in [6, 6.07) is 0.366. The van der Waals surface area contributed by atoms with Crippen LogP contribution in [0.4, 0.5) is 0 Å². The molecule has 0 bridgehead atoms. The second-order valence-corrected chi connectivity index (χ2v) is 5.11. The van der Waals surface area contributed by atoms with Crippen molar-refractivity contribution in [3.05, 3.63) is 18.0 Å². The van der Waals surface area contributed by atoms with Gasteiger partial charge in [0.1, 0.15) is 0 Å². The molecule has 0 radical (unpaired) electrons. The minimum Gasteiger partial charge on any atom is -0.380 e. The lowest BCUT2D eigenvalue weighted by molar-refractivity contribution is 0.114. The lowest BCUT2D eigenvalue weighted by Gasteiger charge is -2.09. The van der Waals surface area contributed by atoms with Crippen LogP contribution in [-0.4, -0.2) is 29.5 Å². The minimum atomic E-state index is 0.366. The van der Waals surface area contributed by atoms with E-state index in [4.69, 9.17) is 4.74 Å². The number of rotatable bonds is 9. The molecule has 1 atom stereocenters. The molecule has 18 heavy (non-hydrogen) atoms. The third-order valence-corrected chi connectivity index (χ3v) is 2.97. The topological polar surface area (TPSA) is 39.1 Å². The Hall–Kier alpha value is -0.870. The van der Waals surface area contributed by atoms with Crippen LogP contribution >= 0.6 is 0 Å². The van der Waals surface area contributed by atoms with E-state index in [2.05, 4.69) is 44.3 Å². The highest BCUT2D eigenvalue weighted by Crippen LogP contribution is 2.10. The molecule has 0 aliphatic rings. The fraction of sp³-hybridized carbons (Fsp3) is 0.786. The first-order valence-corrected chi connectivity index (χ1v) is 6.97. The molecule has 0 saturated heterocycles. The molecule has 1 unspecified atom stereocenters. The fourth-order valence-corrected chi connectivity index (χ4v) is 1.73. The van der Waals surface area contributed by atoms with Crippen molar-refractivity contribution in [2.45, 2.75) is 46.7 Å². The van der Waals surface area contributed by atoms with E-state index >= 15 is 0 Å². The monoisotopic (exact) mass is 253 g/mol. The lowest BCUT2D eigenvalue weighted by atomic mass is 10.1. The normalized spacial score (nSPS) is 13.2. The summed E-state index contributed by atoms with van der Waals surface area (Å²) < 4.78 is 7.55. The summed E-state index contributed by atoms with van der Waals surface area (Å²) in [5.74, 6) is 0.710. The first-order chi connectivity index (χ1) is 8.63. The number of ether oxygens (including phenoxy) is 1. The Balaban J connectivity index is 2.23. The number of nitrogens with zero attached hydrogens (tertiary/aromatic N) is 2. The van der Waals surface area contributed by atoms with Crippen LogP contribution < -0.4 is 5.32 Å². The van der Waals surface area contributed by atoms with Crippen molar-refractivity contribution in [3.8, 4) is 0 Å². The molecule has 0 aromatic carbocycles. The largest absolute Gasteiger partial charge is 0.380 e. The first-order valence-electron chi connectivity index (χ1n) is 6.97. The van der Waals surface area contributed by atoms with E-state index in [1.54, 1.807) is 0 Å². The number of nitrogens with one attached hydrogen (secondary N) is 1. The molecule has 0 saturated carbocycles. The maximum absolute atomic E-state index is 5.59. The Morgan fingerprint density at radius 1 is 1.33 bits per heavy atom. The van der Waals surface area contributed by atoms with Gasteiger partial charge in [-0.1, -0.05) is 20.8 Å². The van der Waals surface area contributed by atoms with E-state index in [-0.39, 0.29) is 0 Å². The zero-order chi connectivity index (χ0) is 13.4. The number of hydrogen-bond acceptors (Lipinski definition) is 3. The molecule has 0 aliphatic heterocycles. The minimum absolute atomic E-state index is 0.366. The molecule has 4 heteroatoms. The average Bonchev–Trinajstić information content (AvgIpc) is 2.77. The van der Waals surface area contributed by atoms with E-state index < -0.39 is 0 Å². The van der Waals surface area contributed by atoms with Crippen molar-refractivity contribution in [1.29, 1.82) is 0 Å². The third-order valence-electron chi connectivity index (χ3n) is 2.97. The second-order valence-electron chi connectivity index (χ2n) is 5.11. The predicted molar refractivity (Wildman–Crippen MR) is 74.6 cm³/mol. The molecule has 104 valence electrons. The quantitative estimate of drug-likeness (QED) is 0.688. The van der Waals surface area contributed by atoms with Gasteiger partial charge in [0.2, 0.25) is 0 Å². The highest BCUT2D eigenvalue weighted by Gasteiger charge is 2.06. The van der Waals surface area contributed by atoms with Crippen molar-refractivity contribution in [2.24, 2.45) is 5.92 Å². The van der Waals surface area contributed by atoms with E-state index in [0.717, 1.165) is 32.7 Å². The highest BCUT2D eigenvalue weighted by molar-refractivity contribution is 5.08. The summed E-state index contributed by atoms with van der Waals surface area (Å²) in [5, 5.41) is 7.73. The van der Waals surface area contributed by atoms with Crippen LogP contribution in [0.1, 0.15) is 45.7 Å². The van der Waals surface area contributed by atoms with Crippen LogP contribution in [-0.2, 0) is 11.3 Å². The van der Waals surface area contributed by atoms with Crippen LogP contribution in [0.3, 0.4) is 0 Å². The van der Waals surface area contributed by atoms with Crippen molar-refractivity contribution in [1.82, 2.24) is 15.1 Å². The molecule has 0 aliphatic carbocycles. The van der Waals surface area contributed by atoms with Crippen LogP contribution in [0.15, 0.2) is 12.4 Å². The summed E-state index contributed by atoms with van der Waals surface area (Å²) in [7, 11) is 0. The summed E-state index contributed by atoms with van der Waals surface area (Å²) >= 11 is 0. The smallest absolute Gasteiger partial charge is 0.0662 e. The number of hydrogen-bond donors (Lipinski definition) is 1. The molecule has 1 heterocycles. The van der Waals surface area contributed by atoms with Crippen molar-refractivity contribution in [2.75, 3.05) is 19.8 Å². The van der Waals surface area contributed by atoms with Gasteiger partial charge in [0.15, 0.2) is 0 Å². The van der Waals surface area contributed by atoms with Gasteiger partial charge in [0.05, 0.1) is 19.3 Å². The Morgan fingerprint density at radius 3 is 2.78 bits per heavy atom. The lowest BCUT2D eigenvalue weighted by Crippen LogP contribution is -2.17.